The molecule has 17 heteroatoms. The smallest absolute Gasteiger partial charge is 0.475 e. The number of carbonyl (C=O) groups is 2. The standard InChI is InChI=1S/C21H22N6S.2C2HF3O2/c1-16-2-3-18(28-16)15-25-10-12-26(13-11-25)20-21-24-14-19(27(21)9-8-23-20)17-4-6-22-7-5-17;2*3-2(4,5)1(6)7/h2-9,14H,10-13,15H2,1H3;2*(H,6,7). The summed E-state index contributed by atoms with van der Waals surface area (Å²) < 4.78 is 65.6. The van der Waals surface area contributed by atoms with Gasteiger partial charge in [0.1, 0.15) is 0 Å². The number of hydrogen-bond acceptors (Lipinski definition) is 8. The Bertz CT molecular complexity index is 1460. The number of aromatic nitrogens is 4. The van der Waals surface area contributed by atoms with E-state index in [1.165, 1.54) is 9.75 Å². The van der Waals surface area contributed by atoms with Crippen LogP contribution in [0, 0.1) is 6.92 Å². The van der Waals surface area contributed by atoms with Gasteiger partial charge >= 0.3 is 24.3 Å². The first-order valence-corrected chi connectivity index (χ1v) is 12.8. The molecular weight excluding hydrogens is 594 g/mol. The number of hydrogen-bond donors (Lipinski definition) is 2. The fourth-order valence-corrected chi connectivity index (χ4v) is 4.71. The van der Waals surface area contributed by atoms with Crippen molar-refractivity contribution in [2.24, 2.45) is 0 Å². The van der Waals surface area contributed by atoms with Crippen LogP contribution in [0.2, 0.25) is 0 Å². The minimum atomic E-state index is -5.08. The SMILES string of the molecule is Cc1ccc(CN2CCN(c3nccn4c(-c5ccncc5)cnc34)CC2)s1.O=C(O)C(F)(F)F.O=C(O)C(F)(F)F. The van der Waals surface area contributed by atoms with Crippen molar-refractivity contribution in [1.29, 1.82) is 0 Å². The number of carboxylic acids is 2. The van der Waals surface area contributed by atoms with Crippen LogP contribution in [0.1, 0.15) is 9.75 Å². The van der Waals surface area contributed by atoms with Crippen molar-refractivity contribution in [3.05, 3.63) is 65.0 Å². The number of fused-ring (bicyclic) bond motifs is 1. The molecule has 5 heterocycles. The van der Waals surface area contributed by atoms with Crippen LogP contribution in [0.3, 0.4) is 0 Å². The Balaban J connectivity index is 0.000000289. The Morgan fingerprint density at radius 2 is 1.45 bits per heavy atom. The van der Waals surface area contributed by atoms with Crippen LogP contribution < -0.4 is 4.90 Å². The van der Waals surface area contributed by atoms with E-state index in [0.29, 0.717) is 0 Å². The summed E-state index contributed by atoms with van der Waals surface area (Å²) in [6.45, 7) is 7.22. The Labute approximate surface area is 238 Å². The van der Waals surface area contributed by atoms with Gasteiger partial charge in [0.2, 0.25) is 0 Å². The van der Waals surface area contributed by atoms with Crippen molar-refractivity contribution in [2.75, 3.05) is 31.1 Å². The van der Waals surface area contributed by atoms with E-state index in [4.69, 9.17) is 19.8 Å². The van der Waals surface area contributed by atoms with Crippen LogP contribution in [-0.2, 0) is 16.1 Å². The molecule has 0 aliphatic carbocycles. The Kier molecular flexibility index (Phi) is 10.5. The quantitative estimate of drug-likeness (QED) is 0.312. The van der Waals surface area contributed by atoms with Gasteiger partial charge < -0.3 is 15.1 Å². The molecule has 10 nitrogen and oxygen atoms in total. The van der Waals surface area contributed by atoms with Crippen molar-refractivity contribution in [1.82, 2.24) is 24.3 Å². The highest BCUT2D eigenvalue weighted by Gasteiger charge is 2.38. The number of thiophene rings is 1. The summed E-state index contributed by atoms with van der Waals surface area (Å²) in [5, 5.41) is 14.2. The lowest BCUT2D eigenvalue weighted by Gasteiger charge is -2.35. The van der Waals surface area contributed by atoms with Crippen molar-refractivity contribution in [2.45, 2.75) is 25.8 Å². The molecule has 0 radical (unpaired) electrons. The number of pyridine rings is 1. The summed E-state index contributed by atoms with van der Waals surface area (Å²) in [6.07, 6.45) is -0.770. The molecule has 0 spiro atoms. The Hall–Kier alpha value is -4.25. The number of alkyl halides is 6. The minimum Gasteiger partial charge on any atom is -0.475 e. The first-order chi connectivity index (χ1) is 19.7. The lowest BCUT2D eigenvalue weighted by atomic mass is 10.2. The molecule has 0 atom stereocenters. The number of piperazine rings is 1. The van der Waals surface area contributed by atoms with Crippen LogP contribution in [0.15, 0.2) is 55.2 Å². The van der Waals surface area contributed by atoms with Gasteiger partial charge in [0, 0.05) is 72.8 Å². The number of halogens is 6. The zero-order valence-corrected chi connectivity index (χ0v) is 22.6. The molecule has 42 heavy (non-hydrogen) atoms. The van der Waals surface area contributed by atoms with Gasteiger partial charge in [-0.05, 0) is 31.2 Å². The topological polar surface area (TPSA) is 124 Å². The van der Waals surface area contributed by atoms with Crippen molar-refractivity contribution in [3.8, 4) is 11.3 Å². The van der Waals surface area contributed by atoms with Crippen molar-refractivity contribution < 1.29 is 46.1 Å². The first-order valence-electron chi connectivity index (χ1n) is 12.0. The highest BCUT2D eigenvalue weighted by molar-refractivity contribution is 7.11. The van der Waals surface area contributed by atoms with Crippen LogP contribution in [0.25, 0.3) is 16.9 Å². The number of aliphatic carboxylic acids is 2. The number of aryl methyl sites for hydroxylation is 1. The summed E-state index contributed by atoms with van der Waals surface area (Å²) in [6, 6.07) is 8.47. The fraction of sp³-hybridized carbons (Fsp3) is 0.320. The maximum Gasteiger partial charge on any atom is 0.490 e. The maximum atomic E-state index is 10.6. The number of rotatable bonds is 4. The van der Waals surface area contributed by atoms with E-state index in [0.717, 1.165) is 55.4 Å². The normalized spacial score (nSPS) is 14.0. The second-order valence-electron chi connectivity index (χ2n) is 8.71. The molecule has 226 valence electrons. The van der Waals surface area contributed by atoms with Gasteiger partial charge in [0.05, 0.1) is 11.9 Å². The van der Waals surface area contributed by atoms with Gasteiger partial charge in [0.15, 0.2) is 11.5 Å². The van der Waals surface area contributed by atoms with Crippen LogP contribution in [0.4, 0.5) is 32.2 Å². The highest BCUT2D eigenvalue weighted by Crippen LogP contribution is 2.26. The van der Waals surface area contributed by atoms with E-state index in [1.807, 2.05) is 54.5 Å². The molecule has 1 aliphatic heterocycles. The summed E-state index contributed by atoms with van der Waals surface area (Å²) in [5.41, 5.74) is 3.08. The number of nitrogens with zero attached hydrogens (tertiary/aromatic N) is 6. The maximum absolute atomic E-state index is 10.6. The number of imidazole rings is 1. The molecule has 1 saturated heterocycles. The molecule has 1 fully saturated rings. The van der Waals surface area contributed by atoms with Crippen LogP contribution >= 0.6 is 11.3 Å². The largest absolute Gasteiger partial charge is 0.490 e. The van der Waals surface area contributed by atoms with Gasteiger partial charge in [-0.1, -0.05) is 0 Å². The second-order valence-corrected chi connectivity index (χ2v) is 10.1. The zero-order valence-electron chi connectivity index (χ0n) is 21.8. The summed E-state index contributed by atoms with van der Waals surface area (Å²) in [4.78, 5) is 39.0. The average molecular weight is 619 g/mol. The second kappa shape index (κ2) is 13.6. The van der Waals surface area contributed by atoms with Gasteiger partial charge in [-0.2, -0.15) is 26.3 Å². The van der Waals surface area contributed by atoms with E-state index in [-0.39, 0.29) is 0 Å². The van der Waals surface area contributed by atoms with E-state index in [9.17, 15) is 26.3 Å². The highest BCUT2D eigenvalue weighted by atomic mass is 32.1. The molecule has 0 amide bonds. The summed E-state index contributed by atoms with van der Waals surface area (Å²) in [7, 11) is 0. The molecule has 4 aromatic heterocycles. The third-order valence-corrected chi connectivity index (χ3v) is 6.70. The molecule has 5 rings (SSSR count). The van der Waals surface area contributed by atoms with Crippen LogP contribution in [0.5, 0.6) is 0 Å². The molecule has 2 N–H and O–H groups in total. The molecule has 0 unspecified atom stereocenters. The zero-order chi connectivity index (χ0) is 31.1. The fourth-order valence-electron chi connectivity index (χ4n) is 3.77. The van der Waals surface area contributed by atoms with Crippen LogP contribution in [-0.4, -0.2) is 84.9 Å². The van der Waals surface area contributed by atoms with Gasteiger partial charge in [-0.3, -0.25) is 14.3 Å². The monoisotopic (exact) mass is 618 g/mol. The molecule has 1 aliphatic rings. The molecule has 4 aromatic rings. The lowest BCUT2D eigenvalue weighted by molar-refractivity contribution is -0.193. The molecule has 0 aromatic carbocycles. The summed E-state index contributed by atoms with van der Waals surface area (Å²) >= 11 is 1.90. The molecule has 0 bridgehead atoms. The minimum absolute atomic E-state index is 0.914. The van der Waals surface area contributed by atoms with E-state index in [2.05, 4.69) is 48.2 Å². The predicted octanol–water partition coefficient (Wildman–Crippen LogP) is 4.75. The first kappa shape index (κ1) is 32.3. The van der Waals surface area contributed by atoms with E-state index >= 15 is 0 Å². The van der Waals surface area contributed by atoms with Gasteiger partial charge in [-0.15, -0.1) is 11.3 Å². The number of carboxylic acid groups (broad SMARTS) is 2. The van der Waals surface area contributed by atoms with Crippen molar-refractivity contribution in [3.63, 3.8) is 0 Å². The third kappa shape index (κ3) is 8.87. The molecular formula is C25H24F6N6O4S. The molecule has 0 saturated carbocycles. The van der Waals surface area contributed by atoms with Gasteiger partial charge in [-0.25, -0.2) is 19.6 Å². The Morgan fingerprint density at radius 1 is 0.881 bits per heavy atom. The van der Waals surface area contributed by atoms with Crippen molar-refractivity contribution >= 4 is 34.7 Å². The summed E-state index contributed by atoms with van der Waals surface area (Å²) in [5.74, 6) is -4.55. The predicted molar refractivity (Wildman–Crippen MR) is 140 cm³/mol. The average Bonchev–Trinajstić information content (AvgIpc) is 3.55. The Morgan fingerprint density at radius 3 is 1.95 bits per heavy atom. The van der Waals surface area contributed by atoms with E-state index < -0.39 is 24.3 Å². The van der Waals surface area contributed by atoms with E-state index in [1.54, 1.807) is 0 Å². The van der Waals surface area contributed by atoms with Gasteiger partial charge in [0.25, 0.3) is 0 Å². The number of anilines is 1. The lowest BCUT2D eigenvalue weighted by Crippen LogP contribution is -2.46. The third-order valence-electron chi connectivity index (χ3n) is 5.72.